The Labute approximate surface area is 182 Å². The molecule has 0 radical (unpaired) electrons. The van der Waals surface area contributed by atoms with Crippen LogP contribution in [0, 0.1) is 0 Å². The molecule has 1 atom stereocenters. The van der Waals surface area contributed by atoms with Crippen LogP contribution >= 0.6 is 35.0 Å². The Balaban J connectivity index is 1.82. The Bertz CT molecular complexity index is 1050. The van der Waals surface area contributed by atoms with Gasteiger partial charge < -0.3 is 10.4 Å². The Hall–Kier alpha value is -2.48. The number of nitrogens with zero attached hydrogens (tertiary/aromatic N) is 3. The van der Waals surface area contributed by atoms with Crippen LogP contribution in [0.3, 0.4) is 0 Å². The quantitative estimate of drug-likeness (QED) is 0.380. The number of aromatic hydroxyl groups is 1. The molecule has 0 aliphatic carbocycles. The van der Waals surface area contributed by atoms with Gasteiger partial charge in [-0.1, -0.05) is 53.2 Å². The van der Waals surface area contributed by atoms with Crippen LogP contribution in [0.5, 0.6) is 5.75 Å². The van der Waals surface area contributed by atoms with E-state index in [-0.39, 0.29) is 11.7 Å². The first kappa shape index (κ1) is 21.2. The Morgan fingerprint density at radius 3 is 2.79 bits per heavy atom. The zero-order valence-corrected chi connectivity index (χ0v) is 17.8. The summed E-state index contributed by atoms with van der Waals surface area (Å²) in [6, 6.07) is 11.7. The zero-order chi connectivity index (χ0) is 21.0. The maximum Gasteiger partial charge on any atom is 0.237 e. The molecular weight excluding hydrogens is 431 g/mol. The van der Waals surface area contributed by atoms with Gasteiger partial charge in [0, 0.05) is 11.6 Å². The van der Waals surface area contributed by atoms with Gasteiger partial charge in [0.25, 0.3) is 0 Å². The first-order valence-electron chi connectivity index (χ1n) is 8.65. The fourth-order valence-electron chi connectivity index (χ4n) is 2.57. The summed E-state index contributed by atoms with van der Waals surface area (Å²) in [6.07, 6.45) is 1.70. The number of carbonyl (C=O) groups is 1. The predicted octanol–water partition coefficient (Wildman–Crippen LogP) is 5.26. The molecule has 0 spiro atoms. The number of hydrogen-bond donors (Lipinski definition) is 2. The van der Waals surface area contributed by atoms with Gasteiger partial charge in [0.1, 0.15) is 5.75 Å². The molecule has 3 aromatic rings. The minimum atomic E-state index is -0.491. The van der Waals surface area contributed by atoms with Crippen LogP contribution in [0.15, 0.2) is 60.3 Å². The molecule has 0 fully saturated rings. The molecule has 1 unspecified atom stereocenters. The monoisotopic (exact) mass is 448 g/mol. The lowest BCUT2D eigenvalue weighted by Crippen LogP contribution is -2.23. The van der Waals surface area contributed by atoms with E-state index in [1.54, 1.807) is 60.0 Å². The van der Waals surface area contributed by atoms with E-state index in [0.717, 1.165) is 0 Å². The number of nitrogens with one attached hydrogen (secondary N) is 1. The standard InChI is InChI=1S/C20H18Cl2N4O2S/c1-3-10-26-18(14-6-4-5-7-17(14)27)24-25-20(26)29-12(2)19(28)23-16-11-13(21)8-9-15(16)22/h3-9,11-12,27H,1,10H2,2H3,(H,23,28). The molecule has 6 nitrogen and oxygen atoms in total. The highest BCUT2D eigenvalue weighted by atomic mass is 35.5. The van der Waals surface area contributed by atoms with Crippen LogP contribution in [0.25, 0.3) is 11.4 Å². The summed E-state index contributed by atoms with van der Waals surface area (Å²) in [6.45, 7) is 5.95. The number of allylic oxidation sites excluding steroid dienone is 1. The molecule has 1 heterocycles. The van der Waals surface area contributed by atoms with Crippen LogP contribution < -0.4 is 5.32 Å². The normalized spacial score (nSPS) is 11.8. The van der Waals surface area contributed by atoms with Crippen LogP contribution in [-0.4, -0.2) is 31.0 Å². The minimum absolute atomic E-state index is 0.100. The number of thioether (sulfide) groups is 1. The lowest BCUT2D eigenvalue weighted by Gasteiger charge is -2.14. The van der Waals surface area contributed by atoms with Crippen molar-refractivity contribution in [3.05, 3.63) is 65.2 Å². The van der Waals surface area contributed by atoms with E-state index in [0.29, 0.717) is 38.8 Å². The fourth-order valence-corrected chi connectivity index (χ4v) is 3.77. The van der Waals surface area contributed by atoms with Crippen molar-refractivity contribution in [3.63, 3.8) is 0 Å². The molecule has 1 aromatic heterocycles. The largest absolute Gasteiger partial charge is 0.507 e. The average molecular weight is 449 g/mol. The topological polar surface area (TPSA) is 80.0 Å². The highest BCUT2D eigenvalue weighted by molar-refractivity contribution is 8.00. The number of carbonyl (C=O) groups excluding carboxylic acids is 1. The third-order valence-corrected chi connectivity index (χ3v) is 5.66. The second kappa shape index (κ2) is 9.35. The Morgan fingerprint density at radius 1 is 1.31 bits per heavy atom. The average Bonchev–Trinajstić information content (AvgIpc) is 3.07. The number of rotatable bonds is 7. The van der Waals surface area contributed by atoms with Crippen LogP contribution in [0.4, 0.5) is 5.69 Å². The second-order valence-electron chi connectivity index (χ2n) is 6.10. The summed E-state index contributed by atoms with van der Waals surface area (Å²) in [5.41, 5.74) is 0.996. The summed E-state index contributed by atoms with van der Waals surface area (Å²) in [5, 5.41) is 22.2. The summed E-state index contributed by atoms with van der Waals surface area (Å²) in [7, 11) is 0. The zero-order valence-electron chi connectivity index (χ0n) is 15.5. The third kappa shape index (κ3) is 4.93. The van der Waals surface area contributed by atoms with Crippen molar-refractivity contribution in [1.82, 2.24) is 14.8 Å². The van der Waals surface area contributed by atoms with E-state index in [9.17, 15) is 9.90 Å². The molecule has 2 aromatic carbocycles. The number of benzene rings is 2. The maximum absolute atomic E-state index is 12.6. The van der Waals surface area contributed by atoms with Gasteiger partial charge in [-0.2, -0.15) is 0 Å². The second-order valence-corrected chi connectivity index (χ2v) is 8.25. The predicted molar refractivity (Wildman–Crippen MR) is 118 cm³/mol. The number of para-hydroxylation sites is 1. The van der Waals surface area contributed by atoms with Gasteiger partial charge in [-0.15, -0.1) is 16.8 Å². The molecule has 0 bridgehead atoms. The molecule has 0 aliphatic heterocycles. The van der Waals surface area contributed by atoms with Gasteiger partial charge in [0.15, 0.2) is 11.0 Å². The van der Waals surface area contributed by atoms with Crippen molar-refractivity contribution in [3.8, 4) is 17.1 Å². The fraction of sp³-hybridized carbons (Fsp3) is 0.150. The Kier molecular flexibility index (Phi) is 6.84. The molecule has 29 heavy (non-hydrogen) atoms. The number of anilines is 1. The number of halogens is 2. The first-order chi connectivity index (χ1) is 13.9. The Morgan fingerprint density at radius 2 is 2.07 bits per heavy atom. The van der Waals surface area contributed by atoms with Crippen molar-refractivity contribution >= 4 is 46.6 Å². The van der Waals surface area contributed by atoms with E-state index in [4.69, 9.17) is 23.2 Å². The van der Waals surface area contributed by atoms with Crippen LogP contribution in [0.2, 0.25) is 10.0 Å². The van der Waals surface area contributed by atoms with E-state index in [1.807, 2.05) is 0 Å². The van der Waals surface area contributed by atoms with Crippen molar-refractivity contribution < 1.29 is 9.90 Å². The SMILES string of the molecule is C=CCn1c(SC(C)C(=O)Nc2cc(Cl)ccc2Cl)nnc1-c1ccccc1O. The molecule has 9 heteroatoms. The number of hydrogen-bond acceptors (Lipinski definition) is 5. The molecule has 0 aliphatic rings. The van der Waals surface area contributed by atoms with Gasteiger partial charge in [0.05, 0.1) is 21.5 Å². The summed E-state index contributed by atoms with van der Waals surface area (Å²) in [4.78, 5) is 12.6. The van der Waals surface area contributed by atoms with E-state index in [2.05, 4.69) is 22.1 Å². The van der Waals surface area contributed by atoms with Gasteiger partial charge in [0.2, 0.25) is 5.91 Å². The van der Waals surface area contributed by atoms with Crippen molar-refractivity contribution in [2.75, 3.05) is 5.32 Å². The van der Waals surface area contributed by atoms with Gasteiger partial charge >= 0.3 is 0 Å². The van der Waals surface area contributed by atoms with Gasteiger partial charge in [-0.05, 0) is 37.3 Å². The molecule has 1 amide bonds. The number of phenolic OH excluding ortho intramolecular Hbond substituents is 1. The van der Waals surface area contributed by atoms with Crippen molar-refractivity contribution in [2.24, 2.45) is 0 Å². The number of aromatic nitrogens is 3. The van der Waals surface area contributed by atoms with Crippen molar-refractivity contribution in [1.29, 1.82) is 0 Å². The third-order valence-electron chi connectivity index (χ3n) is 4.01. The molecule has 0 saturated heterocycles. The lowest BCUT2D eigenvalue weighted by molar-refractivity contribution is -0.115. The summed E-state index contributed by atoms with van der Waals surface area (Å²) < 4.78 is 1.79. The van der Waals surface area contributed by atoms with Crippen molar-refractivity contribution in [2.45, 2.75) is 23.9 Å². The number of amides is 1. The minimum Gasteiger partial charge on any atom is -0.507 e. The lowest BCUT2D eigenvalue weighted by atomic mass is 10.2. The molecule has 2 N–H and O–H groups in total. The van der Waals surface area contributed by atoms with Crippen LogP contribution in [0.1, 0.15) is 6.92 Å². The van der Waals surface area contributed by atoms with Gasteiger partial charge in [-0.3, -0.25) is 9.36 Å². The smallest absolute Gasteiger partial charge is 0.237 e. The number of phenols is 1. The van der Waals surface area contributed by atoms with Crippen LogP contribution in [-0.2, 0) is 11.3 Å². The van der Waals surface area contributed by atoms with E-state index >= 15 is 0 Å². The molecule has 3 rings (SSSR count). The van der Waals surface area contributed by atoms with E-state index < -0.39 is 5.25 Å². The summed E-state index contributed by atoms with van der Waals surface area (Å²) >= 11 is 13.3. The maximum atomic E-state index is 12.6. The highest BCUT2D eigenvalue weighted by Gasteiger charge is 2.22. The van der Waals surface area contributed by atoms with E-state index in [1.165, 1.54) is 11.8 Å². The molecule has 0 saturated carbocycles. The first-order valence-corrected chi connectivity index (χ1v) is 10.3. The van der Waals surface area contributed by atoms with Gasteiger partial charge in [-0.25, -0.2) is 0 Å². The summed E-state index contributed by atoms with van der Waals surface area (Å²) in [5.74, 6) is 0.343. The molecular formula is C20H18Cl2N4O2S. The highest BCUT2D eigenvalue weighted by Crippen LogP contribution is 2.32. The molecule has 150 valence electrons.